The van der Waals surface area contributed by atoms with E-state index in [4.69, 9.17) is 11.5 Å². The highest BCUT2D eigenvalue weighted by Crippen LogP contribution is 2.08. The van der Waals surface area contributed by atoms with Crippen molar-refractivity contribution in [3.05, 3.63) is 35.6 Å². The van der Waals surface area contributed by atoms with Gasteiger partial charge in [0.05, 0.1) is 0 Å². The number of halogens is 1. The minimum Gasteiger partial charge on any atom is -0.330 e. The zero-order chi connectivity index (χ0) is 16.5. The summed E-state index contributed by atoms with van der Waals surface area (Å²) < 4.78 is 12.4. The summed E-state index contributed by atoms with van der Waals surface area (Å²) in [4.78, 5) is 0. The van der Waals surface area contributed by atoms with Gasteiger partial charge in [-0.15, -0.1) is 0 Å². The lowest BCUT2D eigenvalue weighted by atomic mass is 10.1. The van der Waals surface area contributed by atoms with E-state index < -0.39 is 0 Å². The van der Waals surface area contributed by atoms with Crippen molar-refractivity contribution in [1.82, 2.24) is 0 Å². The predicted octanol–water partition coefficient (Wildman–Crippen LogP) is 4.80. The van der Waals surface area contributed by atoms with Crippen molar-refractivity contribution in [2.24, 2.45) is 11.5 Å². The molecule has 0 fully saturated rings. The fourth-order valence-corrected chi connectivity index (χ4v) is 2.31. The lowest BCUT2D eigenvalue weighted by molar-refractivity contribution is 0.567. The molecular formula is C19H35FN2. The summed E-state index contributed by atoms with van der Waals surface area (Å²) in [6.45, 7) is 3.71. The summed E-state index contributed by atoms with van der Waals surface area (Å²) in [6.07, 6.45) is 13.2. The maximum atomic E-state index is 12.4. The molecule has 0 radical (unpaired) electrons. The molecule has 3 heteroatoms. The van der Waals surface area contributed by atoms with E-state index in [2.05, 4.69) is 6.92 Å². The zero-order valence-electron chi connectivity index (χ0n) is 14.3. The molecule has 1 rings (SSSR count). The number of unbranched alkanes of at least 4 members (excludes halogenated alkanes) is 8. The zero-order valence-corrected chi connectivity index (χ0v) is 14.3. The fourth-order valence-electron chi connectivity index (χ4n) is 2.31. The minimum absolute atomic E-state index is 0.189. The number of benzene rings is 1. The van der Waals surface area contributed by atoms with Gasteiger partial charge < -0.3 is 11.5 Å². The first kappa shape index (κ1) is 21.1. The van der Waals surface area contributed by atoms with Crippen LogP contribution < -0.4 is 11.5 Å². The van der Waals surface area contributed by atoms with E-state index in [1.807, 2.05) is 6.07 Å². The Morgan fingerprint density at radius 2 is 1.41 bits per heavy atom. The van der Waals surface area contributed by atoms with Crippen LogP contribution in [-0.2, 0) is 6.42 Å². The van der Waals surface area contributed by atoms with Gasteiger partial charge in [0.1, 0.15) is 5.82 Å². The highest BCUT2D eigenvalue weighted by molar-refractivity contribution is 5.16. The van der Waals surface area contributed by atoms with Crippen LogP contribution in [0, 0.1) is 5.82 Å². The van der Waals surface area contributed by atoms with Crippen LogP contribution in [0.3, 0.4) is 0 Å². The quantitative estimate of drug-likeness (QED) is 0.577. The van der Waals surface area contributed by atoms with Crippen LogP contribution in [0.2, 0.25) is 0 Å². The van der Waals surface area contributed by atoms with E-state index in [1.54, 1.807) is 6.07 Å². The molecule has 0 atom stereocenters. The van der Waals surface area contributed by atoms with E-state index in [9.17, 15) is 4.39 Å². The Hall–Kier alpha value is -0.930. The van der Waals surface area contributed by atoms with Gasteiger partial charge in [0, 0.05) is 0 Å². The molecule has 0 saturated heterocycles. The van der Waals surface area contributed by atoms with Crippen LogP contribution in [0.5, 0.6) is 0 Å². The monoisotopic (exact) mass is 310 g/mol. The molecule has 1 aromatic carbocycles. The van der Waals surface area contributed by atoms with Crippen LogP contribution in [0.1, 0.15) is 70.3 Å². The van der Waals surface area contributed by atoms with Gasteiger partial charge in [-0.05, 0) is 43.6 Å². The minimum atomic E-state index is -0.189. The summed E-state index contributed by atoms with van der Waals surface area (Å²) in [7, 11) is 0. The number of hydrogen-bond donors (Lipinski definition) is 2. The van der Waals surface area contributed by atoms with Crippen LogP contribution in [0.4, 0.5) is 4.39 Å². The predicted molar refractivity (Wildman–Crippen MR) is 95.4 cm³/mol. The SMILES string of the molecule is CCCCCCCCCCCN.NCCc1cccc(F)c1. The van der Waals surface area contributed by atoms with E-state index >= 15 is 0 Å². The normalized spacial score (nSPS) is 10.2. The van der Waals surface area contributed by atoms with Crippen LogP contribution in [0.25, 0.3) is 0 Å². The molecule has 0 aliphatic heterocycles. The third kappa shape index (κ3) is 14.0. The summed E-state index contributed by atoms with van der Waals surface area (Å²) in [5.74, 6) is -0.189. The molecule has 0 amide bonds. The first-order valence-electron chi connectivity index (χ1n) is 8.89. The molecule has 0 spiro atoms. The van der Waals surface area contributed by atoms with Gasteiger partial charge in [-0.2, -0.15) is 0 Å². The first-order valence-corrected chi connectivity index (χ1v) is 8.89. The van der Waals surface area contributed by atoms with Gasteiger partial charge in [-0.3, -0.25) is 0 Å². The Labute approximate surface area is 136 Å². The van der Waals surface area contributed by atoms with Gasteiger partial charge in [-0.1, -0.05) is 70.4 Å². The maximum absolute atomic E-state index is 12.4. The molecule has 22 heavy (non-hydrogen) atoms. The van der Waals surface area contributed by atoms with Gasteiger partial charge in [0.25, 0.3) is 0 Å². The van der Waals surface area contributed by atoms with E-state index in [-0.39, 0.29) is 5.82 Å². The van der Waals surface area contributed by atoms with Crippen LogP contribution in [0.15, 0.2) is 24.3 Å². The Bertz CT molecular complexity index is 332. The molecule has 4 N–H and O–H groups in total. The molecule has 0 heterocycles. The van der Waals surface area contributed by atoms with Crippen molar-refractivity contribution in [3.8, 4) is 0 Å². The molecule has 0 unspecified atom stereocenters. The lowest BCUT2D eigenvalue weighted by Gasteiger charge is -1.99. The number of nitrogens with two attached hydrogens (primary N) is 2. The topological polar surface area (TPSA) is 52.0 Å². The second kappa shape index (κ2) is 16.4. The van der Waals surface area contributed by atoms with Crippen molar-refractivity contribution in [2.75, 3.05) is 13.1 Å². The molecule has 0 aliphatic carbocycles. The molecular weight excluding hydrogens is 275 g/mol. The Morgan fingerprint density at radius 1 is 0.818 bits per heavy atom. The smallest absolute Gasteiger partial charge is 0.123 e. The van der Waals surface area contributed by atoms with Gasteiger partial charge in [-0.25, -0.2) is 4.39 Å². The van der Waals surface area contributed by atoms with Crippen molar-refractivity contribution >= 4 is 0 Å². The summed E-state index contributed by atoms with van der Waals surface area (Å²) in [6, 6.07) is 6.50. The summed E-state index contributed by atoms with van der Waals surface area (Å²) >= 11 is 0. The second-order valence-corrected chi connectivity index (χ2v) is 5.79. The fraction of sp³-hybridized carbons (Fsp3) is 0.684. The molecule has 0 saturated carbocycles. The lowest BCUT2D eigenvalue weighted by Crippen LogP contribution is -2.02. The second-order valence-electron chi connectivity index (χ2n) is 5.79. The molecule has 2 nitrogen and oxygen atoms in total. The summed E-state index contributed by atoms with van der Waals surface area (Å²) in [5, 5.41) is 0. The third-order valence-corrected chi connectivity index (χ3v) is 3.63. The third-order valence-electron chi connectivity index (χ3n) is 3.63. The van der Waals surface area contributed by atoms with E-state index in [0.717, 1.165) is 18.5 Å². The van der Waals surface area contributed by atoms with Crippen molar-refractivity contribution < 1.29 is 4.39 Å². The average molecular weight is 311 g/mol. The van der Waals surface area contributed by atoms with Crippen LogP contribution >= 0.6 is 0 Å². The first-order chi connectivity index (χ1) is 10.7. The Morgan fingerprint density at radius 3 is 1.91 bits per heavy atom. The van der Waals surface area contributed by atoms with Crippen molar-refractivity contribution in [2.45, 2.75) is 71.1 Å². The molecule has 0 bridgehead atoms. The van der Waals surface area contributed by atoms with Gasteiger partial charge in [0.15, 0.2) is 0 Å². The van der Waals surface area contributed by atoms with Crippen LogP contribution in [-0.4, -0.2) is 13.1 Å². The van der Waals surface area contributed by atoms with Crippen molar-refractivity contribution in [3.63, 3.8) is 0 Å². The average Bonchev–Trinajstić information content (AvgIpc) is 2.51. The molecule has 1 aromatic rings. The summed E-state index contributed by atoms with van der Waals surface area (Å²) in [5.41, 5.74) is 11.7. The number of rotatable bonds is 11. The molecule has 0 aliphatic rings. The Balaban J connectivity index is 0.000000406. The maximum Gasteiger partial charge on any atom is 0.123 e. The highest BCUT2D eigenvalue weighted by Gasteiger charge is 1.92. The Kier molecular flexibility index (Phi) is 15.7. The molecule has 0 aromatic heterocycles. The molecule has 128 valence electrons. The van der Waals surface area contributed by atoms with Gasteiger partial charge in [0.2, 0.25) is 0 Å². The van der Waals surface area contributed by atoms with Crippen molar-refractivity contribution in [1.29, 1.82) is 0 Å². The van der Waals surface area contributed by atoms with E-state index in [1.165, 1.54) is 69.9 Å². The number of hydrogen-bond acceptors (Lipinski definition) is 2. The highest BCUT2D eigenvalue weighted by atomic mass is 19.1. The standard InChI is InChI=1S/C11H25N.C8H10FN/c1-2-3-4-5-6-7-8-9-10-11-12;9-8-3-1-2-7(6-8)4-5-10/h2-12H2,1H3;1-3,6H,4-5,10H2. The van der Waals surface area contributed by atoms with E-state index in [0.29, 0.717) is 6.54 Å². The largest absolute Gasteiger partial charge is 0.330 e. The van der Waals surface area contributed by atoms with Gasteiger partial charge >= 0.3 is 0 Å².